The second-order valence-corrected chi connectivity index (χ2v) is 3.93. The lowest BCUT2D eigenvalue weighted by molar-refractivity contribution is 0.0690. The van der Waals surface area contributed by atoms with Crippen LogP contribution in [0.15, 0.2) is 30.9 Å². The number of pyridine rings is 1. The van der Waals surface area contributed by atoms with Gasteiger partial charge in [0.15, 0.2) is 0 Å². The van der Waals surface area contributed by atoms with E-state index >= 15 is 0 Å². The summed E-state index contributed by atoms with van der Waals surface area (Å²) in [6.07, 6.45) is 5.93. The molecule has 0 aliphatic rings. The maximum atomic E-state index is 11.9. The maximum absolute atomic E-state index is 11.9. The molecule has 0 spiro atoms. The van der Waals surface area contributed by atoms with Crippen molar-refractivity contribution < 1.29 is 14.7 Å². The van der Waals surface area contributed by atoms with Gasteiger partial charge in [-0.25, -0.2) is 4.79 Å². The Morgan fingerprint density at radius 1 is 1.37 bits per heavy atom. The number of aryl methyl sites for hydroxylation is 1. The van der Waals surface area contributed by atoms with Crippen LogP contribution in [-0.2, 0) is 13.6 Å². The third kappa shape index (κ3) is 2.95. The van der Waals surface area contributed by atoms with Gasteiger partial charge in [0.2, 0.25) is 0 Å². The Morgan fingerprint density at radius 2 is 2.16 bits per heavy atom. The SMILES string of the molecule is Cn1cc(CNC(=O)c2ccncc2C(=O)O)cn1. The van der Waals surface area contributed by atoms with Crippen molar-refractivity contribution in [3.63, 3.8) is 0 Å². The van der Waals surface area contributed by atoms with Gasteiger partial charge in [-0.05, 0) is 6.07 Å². The van der Waals surface area contributed by atoms with Gasteiger partial charge in [-0.3, -0.25) is 14.5 Å². The van der Waals surface area contributed by atoms with E-state index in [2.05, 4.69) is 15.4 Å². The number of carboxylic acids is 1. The van der Waals surface area contributed by atoms with Crippen molar-refractivity contribution in [2.45, 2.75) is 6.54 Å². The van der Waals surface area contributed by atoms with E-state index < -0.39 is 11.9 Å². The molecule has 0 saturated carbocycles. The molecule has 2 aromatic rings. The number of hydrogen-bond donors (Lipinski definition) is 2. The van der Waals surface area contributed by atoms with Gasteiger partial charge in [0.05, 0.1) is 17.3 Å². The highest BCUT2D eigenvalue weighted by atomic mass is 16.4. The van der Waals surface area contributed by atoms with Crippen molar-refractivity contribution in [2.24, 2.45) is 7.05 Å². The molecule has 0 unspecified atom stereocenters. The lowest BCUT2D eigenvalue weighted by Gasteiger charge is -2.06. The minimum absolute atomic E-state index is 0.0893. The highest BCUT2D eigenvalue weighted by molar-refractivity contribution is 6.04. The molecule has 7 heteroatoms. The summed E-state index contributed by atoms with van der Waals surface area (Å²) in [5, 5.41) is 15.6. The zero-order valence-corrected chi connectivity index (χ0v) is 10.2. The summed E-state index contributed by atoms with van der Waals surface area (Å²) in [5.74, 6) is -1.64. The number of carbonyl (C=O) groups is 2. The van der Waals surface area contributed by atoms with E-state index in [-0.39, 0.29) is 17.7 Å². The molecule has 1 amide bonds. The molecule has 0 radical (unpaired) electrons. The average molecular weight is 260 g/mol. The van der Waals surface area contributed by atoms with Crippen LogP contribution in [0.2, 0.25) is 0 Å². The van der Waals surface area contributed by atoms with E-state index in [0.717, 1.165) is 11.8 Å². The number of hydrogen-bond acceptors (Lipinski definition) is 4. The van der Waals surface area contributed by atoms with Crippen LogP contribution in [0.4, 0.5) is 0 Å². The lowest BCUT2D eigenvalue weighted by atomic mass is 10.1. The molecule has 0 saturated heterocycles. The number of aromatic nitrogens is 3. The topological polar surface area (TPSA) is 97.1 Å². The Labute approximate surface area is 108 Å². The summed E-state index contributed by atoms with van der Waals surface area (Å²) in [7, 11) is 1.77. The van der Waals surface area contributed by atoms with Gasteiger partial charge >= 0.3 is 5.97 Å². The zero-order valence-electron chi connectivity index (χ0n) is 10.2. The highest BCUT2D eigenvalue weighted by Crippen LogP contribution is 2.07. The van der Waals surface area contributed by atoms with E-state index in [1.54, 1.807) is 24.1 Å². The summed E-state index contributed by atoms with van der Waals surface area (Å²) in [4.78, 5) is 26.6. The van der Waals surface area contributed by atoms with Crippen molar-refractivity contribution in [2.75, 3.05) is 0 Å². The van der Waals surface area contributed by atoms with Crippen LogP contribution in [0, 0.1) is 0 Å². The fourth-order valence-corrected chi connectivity index (χ4v) is 1.60. The normalized spacial score (nSPS) is 10.2. The Kier molecular flexibility index (Phi) is 3.56. The van der Waals surface area contributed by atoms with Crippen molar-refractivity contribution in [1.82, 2.24) is 20.1 Å². The Morgan fingerprint density at radius 3 is 2.79 bits per heavy atom. The largest absolute Gasteiger partial charge is 0.478 e. The second kappa shape index (κ2) is 5.30. The fourth-order valence-electron chi connectivity index (χ4n) is 1.60. The highest BCUT2D eigenvalue weighted by Gasteiger charge is 2.16. The zero-order chi connectivity index (χ0) is 13.8. The Balaban J connectivity index is 2.10. The summed E-state index contributed by atoms with van der Waals surface area (Å²) < 4.78 is 1.62. The van der Waals surface area contributed by atoms with Gasteiger partial charge in [0.1, 0.15) is 0 Å². The molecule has 0 aromatic carbocycles. The molecular formula is C12H12N4O3. The first kappa shape index (κ1) is 12.7. The monoisotopic (exact) mass is 260 g/mol. The molecule has 0 atom stereocenters. The number of carbonyl (C=O) groups excluding carboxylic acids is 1. The van der Waals surface area contributed by atoms with E-state index in [1.165, 1.54) is 12.3 Å². The summed E-state index contributed by atoms with van der Waals surface area (Å²) in [6.45, 7) is 0.286. The molecule has 0 bridgehead atoms. The van der Waals surface area contributed by atoms with E-state index in [0.29, 0.717) is 0 Å². The lowest BCUT2D eigenvalue weighted by Crippen LogP contribution is -2.24. The third-order valence-electron chi connectivity index (χ3n) is 2.51. The molecule has 2 heterocycles. The second-order valence-electron chi connectivity index (χ2n) is 3.93. The predicted octanol–water partition coefficient (Wildman–Crippen LogP) is 0.443. The van der Waals surface area contributed by atoms with Crippen molar-refractivity contribution in [3.8, 4) is 0 Å². The molecule has 0 aliphatic heterocycles. The van der Waals surface area contributed by atoms with Gasteiger partial charge in [-0.2, -0.15) is 5.10 Å². The van der Waals surface area contributed by atoms with Crippen LogP contribution < -0.4 is 5.32 Å². The van der Waals surface area contributed by atoms with Crippen molar-refractivity contribution in [1.29, 1.82) is 0 Å². The van der Waals surface area contributed by atoms with E-state index in [1.807, 2.05) is 0 Å². The number of nitrogens with zero attached hydrogens (tertiary/aromatic N) is 3. The molecule has 0 fully saturated rings. The molecule has 2 aromatic heterocycles. The summed E-state index contributed by atoms with van der Waals surface area (Å²) in [5.41, 5.74) is 0.805. The number of nitrogens with one attached hydrogen (secondary N) is 1. The van der Waals surface area contributed by atoms with Gasteiger partial charge in [-0.15, -0.1) is 0 Å². The number of rotatable bonds is 4. The fraction of sp³-hybridized carbons (Fsp3) is 0.167. The molecule has 2 rings (SSSR count). The van der Waals surface area contributed by atoms with Crippen molar-refractivity contribution >= 4 is 11.9 Å². The molecule has 0 aliphatic carbocycles. The first-order valence-corrected chi connectivity index (χ1v) is 5.51. The minimum Gasteiger partial charge on any atom is -0.478 e. The quantitative estimate of drug-likeness (QED) is 0.831. The Bertz CT molecular complexity index is 621. The van der Waals surface area contributed by atoms with Gasteiger partial charge in [0, 0.05) is 37.7 Å². The first-order chi connectivity index (χ1) is 9.08. The maximum Gasteiger partial charge on any atom is 0.338 e. The minimum atomic E-state index is -1.18. The molecule has 19 heavy (non-hydrogen) atoms. The van der Waals surface area contributed by atoms with Gasteiger partial charge < -0.3 is 10.4 Å². The van der Waals surface area contributed by atoms with Crippen LogP contribution in [0.3, 0.4) is 0 Å². The van der Waals surface area contributed by atoms with Crippen molar-refractivity contribution in [3.05, 3.63) is 47.5 Å². The smallest absolute Gasteiger partial charge is 0.338 e. The van der Waals surface area contributed by atoms with E-state index in [4.69, 9.17) is 5.11 Å². The number of aromatic carboxylic acids is 1. The van der Waals surface area contributed by atoms with Crippen LogP contribution in [0.1, 0.15) is 26.3 Å². The van der Waals surface area contributed by atoms with Crippen LogP contribution in [0.25, 0.3) is 0 Å². The Hall–Kier alpha value is -2.70. The molecular weight excluding hydrogens is 248 g/mol. The van der Waals surface area contributed by atoms with Crippen LogP contribution >= 0.6 is 0 Å². The number of amides is 1. The molecule has 98 valence electrons. The standard InChI is InChI=1S/C12H12N4O3/c1-16-7-8(5-15-16)4-14-11(17)9-2-3-13-6-10(9)12(18)19/h2-3,5-7H,4H2,1H3,(H,14,17)(H,18,19). The summed E-state index contributed by atoms with van der Waals surface area (Å²) in [6, 6.07) is 1.38. The average Bonchev–Trinajstić information content (AvgIpc) is 2.81. The number of carboxylic acid groups (broad SMARTS) is 1. The van der Waals surface area contributed by atoms with Crippen LogP contribution in [0.5, 0.6) is 0 Å². The van der Waals surface area contributed by atoms with Gasteiger partial charge in [-0.1, -0.05) is 0 Å². The molecule has 7 nitrogen and oxygen atoms in total. The van der Waals surface area contributed by atoms with Gasteiger partial charge in [0.25, 0.3) is 5.91 Å². The van der Waals surface area contributed by atoms with E-state index in [9.17, 15) is 9.59 Å². The summed E-state index contributed by atoms with van der Waals surface area (Å²) >= 11 is 0. The first-order valence-electron chi connectivity index (χ1n) is 5.51. The predicted molar refractivity (Wildman–Crippen MR) is 65.6 cm³/mol. The molecule has 2 N–H and O–H groups in total. The third-order valence-corrected chi connectivity index (χ3v) is 2.51. The van der Waals surface area contributed by atoms with Crippen LogP contribution in [-0.4, -0.2) is 31.7 Å².